The topological polar surface area (TPSA) is 204 Å². The minimum absolute atomic E-state index is 0.603. The molecule has 0 fully saturated rings. The molecular weight excluding hydrogens is 973 g/mol. The lowest BCUT2D eigenvalue weighted by Crippen LogP contribution is -2.38. The predicted molar refractivity (Wildman–Crippen MR) is 297 cm³/mol. The summed E-state index contributed by atoms with van der Waals surface area (Å²) in [7, 11) is 0. The molecule has 0 bridgehead atoms. The molecule has 0 aliphatic carbocycles. The molecule has 24 heteroatoms. The largest absolute Gasteiger partial charge is 0.315 e. The number of aryl methyl sites for hydroxylation is 5. The van der Waals surface area contributed by atoms with Crippen molar-refractivity contribution in [3.8, 4) is 0 Å². The summed E-state index contributed by atoms with van der Waals surface area (Å²) < 4.78 is 13.2. The average Bonchev–Trinajstić information content (AvgIpc) is 4.31. The predicted octanol–water partition coefficient (Wildman–Crippen LogP) is 4.55. The van der Waals surface area contributed by atoms with Gasteiger partial charge in [0, 0.05) is 115 Å². The number of rotatable bonds is 6. The average molecular weight is 1070 g/mol. The van der Waals surface area contributed by atoms with Gasteiger partial charge in [-0.3, -0.25) is 29.4 Å². The third kappa shape index (κ3) is 15.3. The fourth-order valence-corrected chi connectivity index (χ4v) is 10.3. The second kappa shape index (κ2) is 27.0. The third-order valence-electron chi connectivity index (χ3n) is 15.9. The first-order valence-corrected chi connectivity index (χ1v) is 28.4. The van der Waals surface area contributed by atoms with Crippen LogP contribution in [-0.2, 0) is 78.5 Å². The number of nitrogens with zero attached hydrogens (tertiary/aromatic N) is 24. The highest BCUT2D eigenvalue weighted by atomic mass is 15.4. The minimum Gasteiger partial charge on any atom is -0.315 e. The first kappa shape index (κ1) is 59.3. The van der Waals surface area contributed by atoms with Crippen LogP contribution in [0.1, 0.15) is 147 Å². The van der Waals surface area contributed by atoms with Crippen LogP contribution in [-0.4, -0.2) is 194 Å². The molecule has 0 aromatic carbocycles. The standard InChI is InChI=1S/5C9H16N4.C8H14N4/c5*1-7(2)12-4-5-13-8(3)10-11-9(13)6-12;1-7(2)11-3-4-12-6-9-10-8(12)5-11/h5*7H,4-6H2,1-3H3;6-7H,3-5H2,1-2H3. The lowest BCUT2D eigenvalue weighted by Gasteiger charge is -2.30. The Morgan fingerprint density at radius 2 is 0.468 bits per heavy atom. The van der Waals surface area contributed by atoms with Crippen molar-refractivity contribution in [2.45, 2.75) is 232 Å². The summed E-state index contributed by atoms with van der Waals surface area (Å²) in [6.45, 7) is 55.3. The Kier molecular flexibility index (Phi) is 20.8. The van der Waals surface area contributed by atoms with Crippen molar-refractivity contribution in [2.75, 3.05) is 39.3 Å². The zero-order valence-corrected chi connectivity index (χ0v) is 50.0. The Morgan fingerprint density at radius 3 is 0.688 bits per heavy atom. The Balaban J connectivity index is 0.000000134. The van der Waals surface area contributed by atoms with Gasteiger partial charge in [0.05, 0.1) is 39.3 Å². The first-order chi connectivity index (χ1) is 36.7. The second-order valence-corrected chi connectivity index (χ2v) is 22.9. The molecule has 0 unspecified atom stereocenters. The molecule has 6 aromatic rings. The van der Waals surface area contributed by atoms with Crippen molar-refractivity contribution >= 4 is 0 Å². The van der Waals surface area contributed by atoms with Crippen LogP contribution in [0.15, 0.2) is 6.33 Å². The maximum absolute atomic E-state index is 4.16. The number of fused-ring (bicyclic) bond motifs is 6. The number of hydrogen-bond acceptors (Lipinski definition) is 18. The van der Waals surface area contributed by atoms with Crippen molar-refractivity contribution in [3.05, 3.63) is 70.4 Å². The molecule has 24 nitrogen and oxygen atoms in total. The molecule has 6 aromatic heterocycles. The van der Waals surface area contributed by atoms with Crippen molar-refractivity contribution in [2.24, 2.45) is 0 Å². The summed E-state index contributed by atoms with van der Waals surface area (Å²) in [4.78, 5) is 14.5. The Labute approximate surface area is 458 Å². The Hall–Kier alpha value is -5.40. The van der Waals surface area contributed by atoms with Gasteiger partial charge in [-0.15, -0.1) is 61.2 Å². The van der Waals surface area contributed by atoms with Crippen molar-refractivity contribution < 1.29 is 0 Å². The van der Waals surface area contributed by atoms with Gasteiger partial charge in [0.15, 0.2) is 0 Å². The maximum Gasteiger partial charge on any atom is 0.147 e. The first-order valence-electron chi connectivity index (χ1n) is 28.4. The highest BCUT2D eigenvalue weighted by Gasteiger charge is 2.26. The maximum atomic E-state index is 4.16. The van der Waals surface area contributed by atoms with Gasteiger partial charge in [0.25, 0.3) is 0 Å². The van der Waals surface area contributed by atoms with Gasteiger partial charge in [-0.05, 0) is 118 Å². The number of hydrogen-bond donors (Lipinski definition) is 0. The van der Waals surface area contributed by atoms with Gasteiger partial charge in [0.1, 0.15) is 70.4 Å². The van der Waals surface area contributed by atoms with E-state index < -0.39 is 0 Å². The second-order valence-electron chi connectivity index (χ2n) is 22.9. The Bertz CT molecular complexity index is 2370. The number of aromatic nitrogens is 18. The van der Waals surface area contributed by atoms with Crippen LogP contribution >= 0.6 is 0 Å². The fourth-order valence-electron chi connectivity index (χ4n) is 10.3. The molecule has 0 spiro atoms. The van der Waals surface area contributed by atoms with Crippen LogP contribution in [0.25, 0.3) is 0 Å². The zero-order chi connectivity index (χ0) is 55.7. The third-order valence-corrected chi connectivity index (χ3v) is 15.9. The monoisotopic (exact) mass is 1070 g/mol. The Morgan fingerprint density at radius 1 is 0.260 bits per heavy atom. The SMILES string of the molecule is CC(C)N1CCn2cnnc2C1.Cc1nnc2n1CCN(C(C)C)C2.Cc1nnc2n1CCN(C(C)C)C2.Cc1nnc2n1CCN(C(C)C)C2.Cc1nnc2n1CCN(C(C)C)C2.Cc1nnc2n1CCN(C(C)C)C2. The van der Waals surface area contributed by atoms with Gasteiger partial charge < -0.3 is 27.4 Å². The van der Waals surface area contributed by atoms with E-state index in [1.54, 1.807) is 0 Å². The summed E-state index contributed by atoms with van der Waals surface area (Å²) >= 11 is 0. The van der Waals surface area contributed by atoms with Crippen molar-refractivity contribution in [1.29, 1.82) is 0 Å². The van der Waals surface area contributed by atoms with Crippen LogP contribution in [0.3, 0.4) is 0 Å². The molecule has 0 N–H and O–H groups in total. The van der Waals surface area contributed by atoms with Crippen molar-refractivity contribution in [3.63, 3.8) is 0 Å². The molecule has 0 radical (unpaired) electrons. The molecule has 0 saturated carbocycles. The van der Waals surface area contributed by atoms with E-state index in [1.165, 1.54) is 0 Å². The quantitative estimate of drug-likeness (QED) is 0.224. The van der Waals surface area contributed by atoms with Gasteiger partial charge in [-0.25, -0.2) is 0 Å². The van der Waals surface area contributed by atoms with E-state index in [1.807, 2.05) is 40.9 Å². The van der Waals surface area contributed by atoms with E-state index in [2.05, 4.69) is 201 Å². The van der Waals surface area contributed by atoms with Crippen LogP contribution in [0.5, 0.6) is 0 Å². The van der Waals surface area contributed by atoms with Gasteiger partial charge in [-0.2, -0.15) is 0 Å². The van der Waals surface area contributed by atoms with E-state index in [-0.39, 0.29) is 0 Å². The van der Waals surface area contributed by atoms with Gasteiger partial charge in [0.2, 0.25) is 0 Å². The summed E-state index contributed by atoms with van der Waals surface area (Å²) in [5.74, 6) is 11.8. The molecule has 12 heterocycles. The molecular formula is C53H94N24. The van der Waals surface area contributed by atoms with Crippen LogP contribution in [0.2, 0.25) is 0 Å². The summed E-state index contributed by atoms with van der Waals surface area (Å²) in [5.41, 5.74) is 0. The summed E-state index contributed by atoms with van der Waals surface area (Å²) in [6, 6.07) is 3.62. The molecule has 0 atom stereocenters. The summed E-state index contributed by atoms with van der Waals surface area (Å²) in [6.07, 6.45) is 1.81. The highest BCUT2D eigenvalue weighted by Crippen LogP contribution is 2.19. The molecule has 0 amide bonds. The van der Waals surface area contributed by atoms with Gasteiger partial charge >= 0.3 is 0 Å². The van der Waals surface area contributed by atoms with E-state index in [4.69, 9.17) is 0 Å². The molecule has 6 aliphatic rings. The molecule has 426 valence electrons. The van der Waals surface area contributed by atoms with Crippen LogP contribution < -0.4 is 0 Å². The fraction of sp³-hybridized carbons (Fsp3) is 0.774. The normalized spacial score (nSPS) is 17.9. The molecule has 77 heavy (non-hydrogen) atoms. The van der Waals surface area contributed by atoms with Crippen LogP contribution in [0.4, 0.5) is 0 Å². The molecule has 12 rings (SSSR count). The van der Waals surface area contributed by atoms with E-state index in [0.29, 0.717) is 36.3 Å². The minimum atomic E-state index is 0.603. The van der Waals surface area contributed by atoms with E-state index in [9.17, 15) is 0 Å². The lowest BCUT2D eigenvalue weighted by atomic mass is 10.2. The zero-order valence-electron chi connectivity index (χ0n) is 50.0. The summed E-state index contributed by atoms with van der Waals surface area (Å²) in [5, 5.41) is 49.1. The van der Waals surface area contributed by atoms with E-state index in [0.717, 1.165) is 182 Å². The van der Waals surface area contributed by atoms with Gasteiger partial charge in [-0.1, -0.05) is 0 Å². The lowest BCUT2D eigenvalue weighted by molar-refractivity contribution is 0.172. The smallest absolute Gasteiger partial charge is 0.147 e. The molecule has 6 aliphatic heterocycles. The highest BCUT2D eigenvalue weighted by molar-refractivity contribution is 5.01. The van der Waals surface area contributed by atoms with Crippen molar-refractivity contribution in [1.82, 2.24) is 118 Å². The van der Waals surface area contributed by atoms with Crippen LogP contribution in [0, 0.1) is 34.6 Å². The molecule has 0 saturated heterocycles. The van der Waals surface area contributed by atoms with E-state index >= 15 is 0 Å².